The highest BCUT2D eigenvalue weighted by atomic mass is 14.9. The van der Waals surface area contributed by atoms with Crippen LogP contribution < -0.4 is 5.32 Å². The van der Waals surface area contributed by atoms with E-state index in [2.05, 4.69) is 43.2 Å². The Hall–Kier alpha value is -0.890. The zero-order valence-corrected chi connectivity index (χ0v) is 11.9. The van der Waals surface area contributed by atoms with Gasteiger partial charge in [-0.25, -0.2) is 0 Å². The van der Waals surface area contributed by atoms with Gasteiger partial charge in [0.1, 0.15) is 0 Å². The van der Waals surface area contributed by atoms with Crippen LogP contribution >= 0.6 is 0 Å². The van der Waals surface area contributed by atoms with Crippen molar-refractivity contribution in [1.82, 2.24) is 10.3 Å². The Morgan fingerprint density at radius 2 is 2.00 bits per heavy atom. The van der Waals surface area contributed by atoms with E-state index < -0.39 is 0 Å². The number of nitrogens with zero attached hydrogens (tertiary/aromatic N) is 1. The van der Waals surface area contributed by atoms with Crippen molar-refractivity contribution in [3.63, 3.8) is 0 Å². The Bertz CT molecular complexity index is 353. The van der Waals surface area contributed by atoms with Crippen molar-refractivity contribution in [2.75, 3.05) is 6.54 Å². The third-order valence-corrected chi connectivity index (χ3v) is 4.20. The normalized spacial score (nSPS) is 27.2. The number of pyridine rings is 1. The molecule has 0 bridgehead atoms. The van der Waals surface area contributed by atoms with Crippen LogP contribution in [0.4, 0.5) is 0 Å². The van der Waals surface area contributed by atoms with Crippen LogP contribution in [0.1, 0.15) is 52.0 Å². The van der Waals surface area contributed by atoms with E-state index in [1.54, 1.807) is 0 Å². The molecule has 2 rings (SSSR count). The summed E-state index contributed by atoms with van der Waals surface area (Å²) in [6.07, 6.45) is 9.23. The molecule has 1 N–H and O–H groups in total. The third-order valence-electron chi connectivity index (χ3n) is 4.20. The zero-order chi connectivity index (χ0) is 13.0. The molecule has 0 saturated heterocycles. The molecule has 1 aliphatic carbocycles. The van der Waals surface area contributed by atoms with E-state index in [9.17, 15) is 0 Å². The minimum Gasteiger partial charge on any atom is -0.314 e. The fraction of sp³-hybridized carbons (Fsp3) is 0.688. The number of hydrogen-bond donors (Lipinski definition) is 1. The van der Waals surface area contributed by atoms with E-state index in [-0.39, 0.29) is 0 Å². The lowest BCUT2D eigenvalue weighted by Gasteiger charge is -2.49. The molecule has 0 radical (unpaired) electrons. The molecule has 0 aliphatic heterocycles. The first kappa shape index (κ1) is 13.5. The monoisotopic (exact) mass is 246 g/mol. The molecular weight excluding hydrogens is 220 g/mol. The fourth-order valence-corrected chi connectivity index (χ4v) is 3.24. The average Bonchev–Trinajstić information content (AvgIpc) is 2.33. The summed E-state index contributed by atoms with van der Waals surface area (Å²) in [7, 11) is 0. The lowest BCUT2D eigenvalue weighted by atomic mass is 9.57. The number of hydrogen-bond acceptors (Lipinski definition) is 2. The standard InChI is InChI=1S/C16H26N2/c1-4-5-14-10-16(11-14,12-18-13(2)3)15-6-8-17-9-7-15/h6-9,13-14,18H,4-5,10-12H2,1-3H3. The van der Waals surface area contributed by atoms with Crippen LogP contribution in [0.2, 0.25) is 0 Å². The van der Waals surface area contributed by atoms with Crippen LogP contribution in [0.3, 0.4) is 0 Å². The molecule has 1 saturated carbocycles. The van der Waals surface area contributed by atoms with Crippen molar-refractivity contribution >= 4 is 0 Å². The second kappa shape index (κ2) is 5.83. The molecule has 0 atom stereocenters. The predicted octanol–water partition coefficient (Wildman–Crippen LogP) is 3.53. The molecule has 1 heterocycles. The van der Waals surface area contributed by atoms with Crippen molar-refractivity contribution < 1.29 is 0 Å². The highest BCUT2D eigenvalue weighted by Crippen LogP contribution is 2.49. The molecule has 0 amide bonds. The molecule has 18 heavy (non-hydrogen) atoms. The second-order valence-electron chi connectivity index (χ2n) is 6.11. The van der Waals surface area contributed by atoms with Crippen LogP contribution in [0.15, 0.2) is 24.5 Å². The molecular formula is C16H26N2. The van der Waals surface area contributed by atoms with Gasteiger partial charge in [0.15, 0.2) is 0 Å². The van der Waals surface area contributed by atoms with Gasteiger partial charge >= 0.3 is 0 Å². The van der Waals surface area contributed by atoms with E-state index in [1.165, 1.54) is 31.2 Å². The smallest absolute Gasteiger partial charge is 0.0270 e. The van der Waals surface area contributed by atoms with Crippen molar-refractivity contribution in [2.24, 2.45) is 5.92 Å². The predicted molar refractivity (Wildman–Crippen MR) is 76.7 cm³/mol. The highest BCUT2D eigenvalue weighted by Gasteiger charge is 2.44. The number of nitrogens with one attached hydrogen (secondary N) is 1. The van der Waals surface area contributed by atoms with Gasteiger partial charge in [0.05, 0.1) is 0 Å². The summed E-state index contributed by atoms with van der Waals surface area (Å²) in [5.41, 5.74) is 1.84. The van der Waals surface area contributed by atoms with Crippen molar-refractivity contribution in [2.45, 2.75) is 57.9 Å². The van der Waals surface area contributed by atoms with E-state index in [4.69, 9.17) is 0 Å². The largest absolute Gasteiger partial charge is 0.314 e. The molecule has 1 aliphatic rings. The van der Waals surface area contributed by atoms with Gasteiger partial charge < -0.3 is 5.32 Å². The Kier molecular flexibility index (Phi) is 4.39. The topological polar surface area (TPSA) is 24.9 Å². The summed E-state index contributed by atoms with van der Waals surface area (Å²) in [4.78, 5) is 4.15. The molecule has 1 aromatic rings. The SMILES string of the molecule is CCCC1CC(CNC(C)C)(c2ccncc2)C1. The maximum absolute atomic E-state index is 4.15. The van der Waals surface area contributed by atoms with Crippen molar-refractivity contribution in [1.29, 1.82) is 0 Å². The molecule has 2 heteroatoms. The Balaban J connectivity index is 2.06. The van der Waals surface area contributed by atoms with Crippen LogP contribution in [-0.2, 0) is 5.41 Å². The van der Waals surface area contributed by atoms with Gasteiger partial charge in [-0.05, 0) is 36.5 Å². The third kappa shape index (κ3) is 2.92. The van der Waals surface area contributed by atoms with Crippen LogP contribution in [0.25, 0.3) is 0 Å². The highest BCUT2D eigenvalue weighted by molar-refractivity contribution is 5.27. The average molecular weight is 246 g/mol. The van der Waals surface area contributed by atoms with Crippen molar-refractivity contribution in [3.8, 4) is 0 Å². The minimum absolute atomic E-state index is 0.368. The van der Waals surface area contributed by atoms with Gasteiger partial charge in [-0.15, -0.1) is 0 Å². The van der Waals surface area contributed by atoms with E-state index in [0.717, 1.165) is 12.5 Å². The molecule has 0 unspecified atom stereocenters. The first-order valence-corrected chi connectivity index (χ1v) is 7.30. The first-order chi connectivity index (χ1) is 8.66. The van der Waals surface area contributed by atoms with Gasteiger partial charge in [-0.2, -0.15) is 0 Å². The van der Waals surface area contributed by atoms with Gasteiger partial charge in [-0.3, -0.25) is 4.98 Å². The van der Waals surface area contributed by atoms with Gasteiger partial charge in [-0.1, -0.05) is 33.6 Å². The lowest BCUT2D eigenvalue weighted by Crippen LogP contribution is -2.49. The molecule has 0 spiro atoms. The van der Waals surface area contributed by atoms with Gasteiger partial charge in [0.25, 0.3) is 0 Å². The maximum Gasteiger partial charge on any atom is 0.0270 e. The van der Waals surface area contributed by atoms with Gasteiger partial charge in [0.2, 0.25) is 0 Å². The van der Waals surface area contributed by atoms with E-state index >= 15 is 0 Å². The summed E-state index contributed by atoms with van der Waals surface area (Å²) >= 11 is 0. The summed E-state index contributed by atoms with van der Waals surface area (Å²) in [5, 5.41) is 3.63. The molecule has 100 valence electrons. The number of rotatable bonds is 6. The minimum atomic E-state index is 0.368. The Morgan fingerprint density at radius 1 is 1.33 bits per heavy atom. The summed E-state index contributed by atoms with van der Waals surface area (Å²) in [6.45, 7) is 7.85. The van der Waals surface area contributed by atoms with Gasteiger partial charge in [0, 0.05) is 30.4 Å². The Labute approximate surface area is 111 Å². The maximum atomic E-state index is 4.15. The first-order valence-electron chi connectivity index (χ1n) is 7.30. The molecule has 1 fully saturated rings. The second-order valence-corrected chi connectivity index (χ2v) is 6.11. The van der Waals surface area contributed by atoms with E-state index in [1.807, 2.05) is 12.4 Å². The molecule has 0 aromatic carbocycles. The lowest BCUT2D eigenvalue weighted by molar-refractivity contribution is 0.126. The summed E-state index contributed by atoms with van der Waals surface area (Å²) < 4.78 is 0. The Morgan fingerprint density at radius 3 is 2.56 bits per heavy atom. The molecule has 2 nitrogen and oxygen atoms in total. The quantitative estimate of drug-likeness (QED) is 0.830. The fourth-order valence-electron chi connectivity index (χ4n) is 3.24. The zero-order valence-electron chi connectivity index (χ0n) is 11.9. The van der Waals surface area contributed by atoms with Crippen LogP contribution in [-0.4, -0.2) is 17.6 Å². The van der Waals surface area contributed by atoms with E-state index in [0.29, 0.717) is 11.5 Å². The summed E-state index contributed by atoms with van der Waals surface area (Å²) in [6, 6.07) is 4.96. The number of aromatic nitrogens is 1. The van der Waals surface area contributed by atoms with Crippen molar-refractivity contribution in [3.05, 3.63) is 30.1 Å². The summed E-state index contributed by atoms with van der Waals surface area (Å²) in [5.74, 6) is 0.928. The molecule has 1 aromatic heterocycles. The van der Waals surface area contributed by atoms with Crippen LogP contribution in [0, 0.1) is 5.92 Å². The van der Waals surface area contributed by atoms with Crippen LogP contribution in [0.5, 0.6) is 0 Å².